The summed E-state index contributed by atoms with van der Waals surface area (Å²) in [4.78, 5) is 12.4. The lowest BCUT2D eigenvalue weighted by molar-refractivity contribution is -0.131. The minimum Gasteiger partial charge on any atom is -0.346 e. The first-order chi connectivity index (χ1) is 8.59. The summed E-state index contributed by atoms with van der Waals surface area (Å²) in [6.45, 7) is 2.34. The van der Waals surface area contributed by atoms with Crippen LogP contribution < -0.4 is 11.1 Å². The van der Waals surface area contributed by atoms with Gasteiger partial charge in [-0.25, -0.2) is 0 Å². The zero-order valence-corrected chi connectivity index (χ0v) is 13.5. The minimum atomic E-state index is -0.368. The van der Waals surface area contributed by atoms with Gasteiger partial charge in [-0.15, -0.1) is 35.0 Å². The number of rotatable bonds is 4. The minimum absolute atomic E-state index is 0. The van der Waals surface area contributed by atoms with Gasteiger partial charge < -0.3 is 15.6 Å². The Kier molecular flexibility index (Phi) is 7.47. The number of amides is 1. The van der Waals surface area contributed by atoms with Crippen LogP contribution in [0.5, 0.6) is 0 Å². The van der Waals surface area contributed by atoms with E-state index in [1.165, 1.54) is 0 Å². The summed E-state index contributed by atoms with van der Waals surface area (Å²) >= 11 is 0. The normalized spacial score (nSPS) is 17.8. The lowest BCUT2D eigenvalue weighted by atomic mass is 9.85. The van der Waals surface area contributed by atoms with Crippen molar-refractivity contribution in [3.63, 3.8) is 0 Å². The van der Waals surface area contributed by atoms with Crippen molar-refractivity contribution in [2.75, 3.05) is 6.54 Å². The van der Waals surface area contributed by atoms with E-state index in [9.17, 15) is 4.79 Å². The number of halogens is 2. The third kappa shape index (κ3) is 3.62. The van der Waals surface area contributed by atoms with E-state index < -0.39 is 0 Å². The van der Waals surface area contributed by atoms with Crippen molar-refractivity contribution >= 4 is 30.7 Å². The molecular weight excluding hydrogens is 301 g/mol. The number of aromatic nitrogens is 3. The first-order valence-electron chi connectivity index (χ1n) is 6.44. The molecule has 0 bridgehead atoms. The van der Waals surface area contributed by atoms with Crippen LogP contribution in [0.1, 0.15) is 44.5 Å². The number of nitrogens with one attached hydrogen (secondary N) is 1. The molecule has 0 spiro atoms. The van der Waals surface area contributed by atoms with E-state index in [-0.39, 0.29) is 42.2 Å². The highest BCUT2D eigenvalue weighted by molar-refractivity contribution is 5.85. The molecule has 1 aliphatic rings. The fourth-order valence-electron chi connectivity index (χ4n) is 2.67. The van der Waals surface area contributed by atoms with Crippen LogP contribution in [0.4, 0.5) is 0 Å². The maximum Gasteiger partial charge on any atom is 0.228 e. The molecule has 1 amide bonds. The molecule has 1 aromatic heterocycles. The standard InChI is InChI=1S/C12H21N5O.2ClH/c1-9(10-16-14-8-17(10)2)15-11(18)12(7-13)5-3-4-6-12;;/h8-9H,3-7,13H2,1-2H3,(H,15,18);2*1H. The van der Waals surface area contributed by atoms with E-state index in [1.807, 2.05) is 18.5 Å². The van der Waals surface area contributed by atoms with Crippen LogP contribution in [-0.4, -0.2) is 27.2 Å². The van der Waals surface area contributed by atoms with Crippen molar-refractivity contribution in [1.82, 2.24) is 20.1 Å². The topological polar surface area (TPSA) is 85.8 Å². The summed E-state index contributed by atoms with van der Waals surface area (Å²) < 4.78 is 1.81. The van der Waals surface area contributed by atoms with Crippen molar-refractivity contribution in [3.05, 3.63) is 12.2 Å². The Morgan fingerprint density at radius 1 is 1.50 bits per heavy atom. The van der Waals surface area contributed by atoms with Crippen molar-refractivity contribution < 1.29 is 4.79 Å². The molecule has 2 rings (SSSR count). The van der Waals surface area contributed by atoms with E-state index in [1.54, 1.807) is 6.33 Å². The van der Waals surface area contributed by atoms with Gasteiger partial charge in [0.1, 0.15) is 6.33 Å². The number of carbonyl (C=O) groups is 1. The lowest BCUT2D eigenvalue weighted by Crippen LogP contribution is -2.45. The van der Waals surface area contributed by atoms with E-state index in [0.29, 0.717) is 6.54 Å². The summed E-state index contributed by atoms with van der Waals surface area (Å²) in [5, 5.41) is 10.8. The van der Waals surface area contributed by atoms with Crippen molar-refractivity contribution in [1.29, 1.82) is 0 Å². The predicted octanol–water partition coefficient (Wildman–Crippen LogP) is 1.35. The fraction of sp³-hybridized carbons (Fsp3) is 0.750. The van der Waals surface area contributed by atoms with Gasteiger partial charge in [0.2, 0.25) is 5.91 Å². The fourth-order valence-corrected chi connectivity index (χ4v) is 2.67. The first kappa shape index (κ1) is 19.1. The van der Waals surface area contributed by atoms with Gasteiger partial charge >= 0.3 is 0 Å². The molecule has 1 aliphatic carbocycles. The summed E-state index contributed by atoms with van der Waals surface area (Å²) in [6.07, 6.45) is 5.58. The number of nitrogens with two attached hydrogens (primary N) is 1. The SMILES string of the molecule is CC(NC(=O)C1(CN)CCCC1)c1nncn1C.Cl.Cl. The van der Waals surface area contributed by atoms with Crippen LogP contribution in [-0.2, 0) is 11.8 Å². The maximum absolute atomic E-state index is 12.4. The van der Waals surface area contributed by atoms with Crippen LogP contribution in [0.2, 0.25) is 0 Å². The Morgan fingerprint density at radius 3 is 2.55 bits per heavy atom. The Morgan fingerprint density at radius 2 is 2.10 bits per heavy atom. The highest BCUT2D eigenvalue weighted by Gasteiger charge is 2.40. The number of aryl methyl sites for hydroxylation is 1. The van der Waals surface area contributed by atoms with Crippen LogP contribution in [0.3, 0.4) is 0 Å². The summed E-state index contributed by atoms with van der Waals surface area (Å²) in [5.41, 5.74) is 5.43. The van der Waals surface area contributed by atoms with Gasteiger partial charge in [0.25, 0.3) is 0 Å². The largest absolute Gasteiger partial charge is 0.346 e. The van der Waals surface area contributed by atoms with Crippen LogP contribution >= 0.6 is 24.8 Å². The van der Waals surface area contributed by atoms with Gasteiger partial charge in [0.05, 0.1) is 11.5 Å². The Balaban J connectivity index is 0.00000180. The van der Waals surface area contributed by atoms with Gasteiger partial charge in [0, 0.05) is 13.6 Å². The van der Waals surface area contributed by atoms with Crippen molar-refractivity contribution in [3.8, 4) is 0 Å². The van der Waals surface area contributed by atoms with Crippen molar-refractivity contribution in [2.45, 2.75) is 38.6 Å². The summed E-state index contributed by atoms with van der Waals surface area (Å²) in [6, 6.07) is -0.144. The van der Waals surface area contributed by atoms with Gasteiger partial charge in [-0.3, -0.25) is 4.79 Å². The molecule has 0 aliphatic heterocycles. The molecule has 1 aromatic rings. The van der Waals surface area contributed by atoms with Crippen LogP contribution in [0.25, 0.3) is 0 Å². The molecular formula is C12H23Cl2N5O. The lowest BCUT2D eigenvalue weighted by Gasteiger charge is -2.27. The average molecular weight is 324 g/mol. The third-order valence-electron chi connectivity index (χ3n) is 3.91. The molecule has 0 saturated heterocycles. The first-order valence-corrected chi connectivity index (χ1v) is 6.44. The van der Waals surface area contributed by atoms with Gasteiger partial charge in [-0.05, 0) is 19.8 Å². The molecule has 20 heavy (non-hydrogen) atoms. The van der Waals surface area contributed by atoms with Gasteiger partial charge in [0.15, 0.2) is 5.82 Å². The highest BCUT2D eigenvalue weighted by Crippen LogP contribution is 2.37. The summed E-state index contributed by atoms with van der Waals surface area (Å²) in [7, 11) is 1.87. The van der Waals surface area contributed by atoms with Gasteiger partial charge in [-0.2, -0.15) is 0 Å². The molecule has 1 saturated carbocycles. The molecule has 116 valence electrons. The predicted molar refractivity (Wildman–Crippen MR) is 82.0 cm³/mol. The van der Waals surface area contributed by atoms with Gasteiger partial charge in [-0.1, -0.05) is 12.8 Å². The molecule has 1 atom stereocenters. The van der Waals surface area contributed by atoms with E-state index >= 15 is 0 Å². The zero-order valence-electron chi connectivity index (χ0n) is 11.8. The number of hydrogen-bond acceptors (Lipinski definition) is 4. The Labute approximate surface area is 131 Å². The quantitative estimate of drug-likeness (QED) is 0.875. The second-order valence-electron chi connectivity index (χ2n) is 5.19. The molecule has 1 unspecified atom stereocenters. The number of nitrogens with zero attached hydrogens (tertiary/aromatic N) is 3. The average Bonchev–Trinajstić information content (AvgIpc) is 2.97. The highest BCUT2D eigenvalue weighted by atomic mass is 35.5. The van der Waals surface area contributed by atoms with E-state index in [4.69, 9.17) is 5.73 Å². The van der Waals surface area contributed by atoms with E-state index in [0.717, 1.165) is 31.5 Å². The molecule has 0 aromatic carbocycles. The monoisotopic (exact) mass is 323 g/mol. The van der Waals surface area contributed by atoms with Crippen LogP contribution in [0, 0.1) is 5.41 Å². The Hall–Kier alpha value is -0.850. The molecule has 1 fully saturated rings. The molecule has 3 N–H and O–H groups in total. The Bertz CT molecular complexity index is 431. The van der Waals surface area contributed by atoms with Crippen LogP contribution in [0.15, 0.2) is 6.33 Å². The zero-order chi connectivity index (χ0) is 13.2. The smallest absolute Gasteiger partial charge is 0.228 e. The second kappa shape index (κ2) is 7.81. The van der Waals surface area contributed by atoms with Crippen molar-refractivity contribution in [2.24, 2.45) is 18.2 Å². The number of hydrogen-bond donors (Lipinski definition) is 2. The number of carbonyl (C=O) groups excluding carboxylic acids is 1. The second-order valence-corrected chi connectivity index (χ2v) is 5.19. The molecule has 6 nitrogen and oxygen atoms in total. The van der Waals surface area contributed by atoms with E-state index in [2.05, 4.69) is 15.5 Å². The third-order valence-corrected chi connectivity index (χ3v) is 3.91. The molecule has 0 radical (unpaired) electrons. The summed E-state index contributed by atoms with van der Waals surface area (Å²) in [5.74, 6) is 0.812. The molecule has 8 heteroatoms. The molecule has 1 heterocycles. The maximum atomic E-state index is 12.4.